The molecule has 0 aliphatic heterocycles. The zero-order valence-corrected chi connectivity index (χ0v) is 25.0. The van der Waals surface area contributed by atoms with E-state index in [1.807, 2.05) is 24.3 Å². The Morgan fingerprint density at radius 3 is 1.76 bits per heavy atom. The molecule has 1 aliphatic rings. The van der Waals surface area contributed by atoms with Gasteiger partial charge in [-0.05, 0) is 45.4 Å². The normalized spacial score (nSPS) is 13.9. The minimum Gasteiger partial charge on any atom is -0.489 e. The fraction of sp³-hybridized carbons (Fsp3) is 0.486. The second-order valence-corrected chi connectivity index (χ2v) is 10.7. The molecule has 0 N–H and O–H groups in total. The summed E-state index contributed by atoms with van der Waals surface area (Å²) in [6.07, 6.45) is 13.0. The predicted molar refractivity (Wildman–Crippen MR) is 165 cm³/mol. The minimum absolute atomic E-state index is 0.264. The van der Waals surface area contributed by atoms with Crippen molar-refractivity contribution in [3.8, 4) is 11.5 Å². The molecule has 3 rings (SSSR count). The van der Waals surface area contributed by atoms with Crippen molar-refractivity contribution in [2.24, 2.45) is 0 Å². The van der Waals surface area contributed by atoms with E-state index in [2.05, 4.69) is 40.0 Å². The second-order valence-electron chi connectivity index (χ2n) is 10.7. The van der Waals surface area contributed by atoms with Crippen LogP contribution in [0.4, 0.5) is 0 Å². The smallest absolute Gasteiger partial charge is 0.330 e. The first kappa shape index (κ1) is 32.0. The number of esters is 2. The van der Waals surface area contributed by atoms with E-state index >= 15 is 0 Å². The van der Waals surface area contributed by atoms with Crippen molar-refractivity contribution in [1.82, 2.24) is 0 Å². The van der Waals surface area contributed by atoms with Gasteiger partial charge in [0.2, 0.25) is 0 Å². The number of carbonyl (C=O) groups is 2. The van der Waals surface area contributed by atoms with Gasteiger partial charge in [-0.3, -0.25) is 0 Å². The standard InChI is InChI=1S/C35H46O6/c1-6-10-12-16-26(40-32(36)8-3)23-38-34-28-18-14-15-19-29(28)35(31-22-25(5)20-21-30(31)34)39-24-27(17-13-11-7-2)41-33(37)9-4/h8-9,14-15,18-20,26-27H,3-4,6-7,10-13,16-17,21-24H2,1-2,5H3. The maximum atomic E-state index is 12.0. The van der Waals surface area contributed by atoms with Gasteiger partial charge in [0.15, 0.2) is 0 Å². The van der Waals surface area contributed by atoms with Crippen LogP contribution < -0.4 is 9.47 Å². The fourth-order valence-electron chi connectivity index (χ4n) is 5.21. The lowest BCUT2D eigenvalue weighted by Crippen LogP contribution is -2.26. The number of hydrogen-bond acceptors (Lipinski definition) is 6. The van der Waals surface area contributed by atoms with E-state index < -0.39 is 11.9 Å². The van der Waals surface area contributed by atoms with Crippen molar-refractivity contribution >= 4 is 22.7 Å². The van der Waals surface area contributed by atoms with E-state index in [0.29, 0.717) is 0 Å². The third-order valence-corrected chi connectivity index (χ3v) is 7.42. The second kappa shape index (κ2) is 16.7. The maximum absolute atomic E-state index is 12.0. The summed E-state index contributed by atoms with van der Waals surface area (Å²) in [6.45, 7) is 14.0. The lowest BCUT2D eigenvalue weighted by Gasteiger charge is -2.27. The van der Waals surface area contributed by atoms with Crippen LogP contribution in [0, 0.1) is 0 Å². The van der Waals surface area contributed by atoms with Crippen LogP contribution in [0.15, 0.2) is 61.2 Å². The molecule has 0 fully saturated rings. The molecule has 41 heavy (non-hydrogen) atoms. The lowest BCUT2D eigenvalue weighted by molar-refractivity contribution is -0.145. The molecule has 0 amide bonds. The van der Waals surface area contributed by atoms with Gasteiger partial charge in [0.25, 0.3) is 0 Å². The zero-order chi connectivity index (χ0) is 29.6. The van der Waals surface area contributed by atoms with E-state index in [-0.39, 0.29) is 25.4 Å². The van der Waals surface area contributed by atoms with E-state index in [4.69, 9.17) is 18.9 Å². The zero-order valence-electron chi connectivity index (χ0n) is 25.0. The fourth-order valence-corrected chi connectivity index (χ4v) is 5.21. The average Bonchev–Trinajstić information content (AvgIpc) is 2.98. The van der Waals surface area contributed by atoms with Gasteiger partial charge < -0.3 is 18.9 Å². The number of benzene rings is 2. The lowest BCUT2D eigenvalue weighted by atomic mass is 9.87. The van der Waals surface area contributed by atoms with Gasteiger partial charge in [0.05, 0.1) is 0 Å². The van der Waals surface area contributed by atoms with Crippen molar-refractivity contribution in [3.63, 3.8) is 0 Å². The molecule has 2 unspecified atom stereocenters. The largest absolute Gasteiger partial charge is 0.489 e. The molecule has 6 heteroatoms. The van der Waals surface area contributed by atoms with Crippen LogP contribution in [0.2, 0.25) is 0 Å². The maximum Gasteiger partial charge on any atom is 0.330 e. The summed E-state index contributed by atoms with van der Waals surface area (Å²) < 4.78 is 24.4. The van der Waals surface area contributed by atoms with Gasteiger partial charge in [-0.1, -0.05) is 88.6 Å². The van der Waals surface area contributed by atoms with E-state index in [1.54, 1.807) is 0 Å². The molecule has 0 saturated carbocycles. The summed E-state index contributed by atoms with van der Waals surface area (Å²) in [5.74, 6) is 0.743. The quantitative estimate of drug-likeness (QED) is 0.0793. The summed E-state index contributed by atoms with van der Waals surface area (Å²) in [5.41, 5.74) is 3.43. The summed E-state index contributed by atoms with van der Waals surface area (Å²) >= 11 is 0. The molecule has 2 aromatic rings. The topological polar surface area (TPSA) is 71.1 Å². The van der Waals surface area contributed by atoms with E-state index in [9.17, 15) is 9.59 Å². The molecule has 1 aliphatic carbocycles. The van der Waals surface area contributed by atoms with Gasteiger partial charge in [0.1, 0.15) is 36.9 Å². The van der Waals surface area contributed by atoms with Crippen molar-refractivity contribution in [1.29, 1.82) is 0 Å². The van der Waals surface area contributed by atoms with Crippen molar-refractivity contribution < 1.29 is 28.5 Å². The van der Waals surface area contributed by atoms with Crippen LogP contribution in [0.3, 0.4) is 0 Å². The molecule has 2 atom stereocenters. The van der Waals surface area contributed by atoms with Crippen molar-refractivity contribution in [3.05, 3.63) is 72.4 Å². The van der Waals surface area contributed by atoms with Crippen molar-refractivity contribution in [2.75, 3.05) is 13.2 Å². The van der Waals surface area contributed by atoms with Crippen LogP contribution in [0.25, 0.3) is 10.8 Å². The Morgan fingerprint density at radius 1 is 0.805 bits per heavy atom. The Labute approximate surface area is 245 Å². The predicted octanol–water partition coefficient (Wildman–Crippen LogP) is 8.00. The Bertz CT molecular complexity index is 1230. The number of ether oxygens (including phenoxy) is 4. The van der Waals surface area contributed by atoms with E-state index in [0.717, 1.165) is 97.6 Å². The highest BCUT2D eigenvalue weighted by Gasteiger charge is 2.26. The Hall–Kier alpha value is -3.54. The number of allylic oxidation sites excluding steroid dienone is 2. The van der Waals surface area contributed by atoms with E-state index in [1.165, 1.54) is 17.7 Å². The summed E-state index contributed by atoms with van der Waals surface area (Å²) in [7, 11) is 0. The first-order chi connectivity index (χ1) is 19.9. The van der Waals surface area contributed by atoms with Crippen LogP contribution in [0.1, 0.15) is 83.3 Å². The molecular weight excluding hydrogens is 516 g/mol. The Kier molecular flexibility index (Phi) is 13.0. The molecule has 2 aromatic carbocycles. The molecule has 0 saturated heterocycles. The highest BCUT2D eigenvalue weighted by atomic mass is 16.6. The van der Waals surface area contributed by atoms with Gasteiger partial charge in [-0.25, -0.2) is 9.59 Å². The summed E-state index contributed by atoms with van der Waals surface area (Å²) in [4.78, 5) is 24.1. The highest BCUT2D eigenvalue weighted by Crippen LogP contribution is 2.44. The first-order valence-electron chi connectivity index (χ1n) is 15.0. The van der Waals surface area contributed by atoms with Gasteiger partial charge in [0, 0.05) is 34.1 Å². The van der Waals surface area contributed by atoms with Gasteiger partial charge >= 0.3 is 11.9 Å². The van der Waals surface area contributed by atoms with Gasteiger partial charge in [-0.2, -0.15) is 0 Å². The van der Waals surface area contributed by atoms with Crippen LogP contribution in [-0.4, -0.2) is 37.4 Å². The van der Waals surface area contributed by atoms with Crippen LogP contribution in [0.5, 0.6) is 11.5 Å². The highest BCUT2D eigenvalue weighted by molar-refractivity contribution is 5.96. The molecule has 222 valence electrons. The number of carbonyl (C=O) groups excluding carboxylic acids is 2. The third-order valence-electron chi connectivity index (χ3n) is 7.42. The minimum atomic E-state index is -0.435. The third kappa shape index (κ3) is 9.24. The molecule has 0 radical (unpaired) electrons. The molecule has 6 nitrogen and oxygen atoms in total. The number of rotatable bonds is 18. The number of hydrogen-bond donors (Lipinski definition) is 0. The average molecular weight is 563 g/mol. The summed E-state index contributed by atoms with van der Waals surface area (Å²) in [6, 6.07) is 8.07. The van der Waals surface area contributed by atoms with Crippen molar-refractivity contribution in [2.45, 2.75) is 97.2 Å². The SMILES string of the molecule is C=CC(=O)OC(CCCCC)COc1c2c(c(OCC(CCCCC)OC(=O)C=C)c3ccccc13)CC(C)=CC2. The van der Waals surface area contributed by atoms with Gasteiger partial charge in [-0.15, -0.1) is 0 Å². The van der Waals surface area contributed by atoms with Crippen LogP contribution >= 0.6 is 0 Å². The molecule has 0 spiro atoms. The first-order valence-corrected chi connectivity index (χ1v) is 15.0. The Morgan fingerprint density at radius 2 is 1.29 bits per heavy atom. The summed E-state index contributed by atoms with van der Waals surface area (Å²) in [5, 5.41) is 1.89. The molecule has 0 aromatic heterocycles. The molecule has 0 bridgehead atoms. The number of unbranched alkanes of at least 4 members (excludes halogenated alkanes) is 4. The Balaban J connectivity index is 1.95. The molecule has 0 heterocycles. The molecular formula is C35H46O6. The van der Waals surface area contributed by atoms with Crippen LogP contribution in [-0.2, 0) is 31.9 Å². The number of fused-ring (bicyclic) bond motifs is 2. The monoisotopic (exact) mass is 562 g/mol.